The number of ether oxygens (including phenoxy) is 1. The van der Waals surface area contributed by atoms with Crippen molar-refractivity contribution in [2.24, 2.45) is 0 Å². The van der Waals surface area contributed by atoms with E-state index in [1.807, 2.05) is 38.1 Å². The number of carbonyl (C=O) groups excluding carboxylic acids is 2. The van der Waals surface area contributed by atoms with Crippen molar-refractivity contribution in [2.45, 2.75) is 45.4 Å². The van der Waals surface area contributed by atoms with Crippen molar-refractivity contribution in [3.8, 4) is 5.75 Å². The minimum absolute atomic E-state index is 0.0459. The SMILES string of the molecule is CC(=O)CC1(O)C(=O)N(Cc2ccccc2OC(C)C)c2c1ccc(Cl)c2Cl. The van der Waals surface area contributed by atoms with Crippen molar-refractivity contribution >= 4 is 40.6 Å². The predicted molar refractivity (Wildman–Crippen MR) is 109 cm³/mol. The van der Waals surface area contributed by atoms with Crippen LogP contribution in [0.3, 0.4) is 0 Å². The van der Waals surface area contributed by atoms with Crippen molar-refractivity contribution in [1.29, 1.82) is 0 Å². The van der Waals surface area contributed by atoms with Gasteiger partial charge < -0.3 is 14.7 Å². The van der Waals surface area contributed by atoms with Crippen LogP contribution in [-0.2, 0) is 21.7 Å². The van der Waals surface area contributed by atoms with Crippen LogP contribution >= 0.6 is 23.2 Å². The molecule has 2 aromatic carbocycles. The average molecular weight is 422 g/mol. The summed E-state index contributed by atoms with van der Waals surface area (Å²) in [5.41, 5.74) is -0.617. The topological polar surface area (TPSA) is 66.8 Å². The van der Waals surface area contributed by atoms with Gasteiger partial charge in [-0.1, -0.05) is 47.5 Å². The van der Waals surface area contributed by atoms with E-state index < -0.39 is 11.5 Å². The lowest BCUT2D eigenvalue weighted by Gasteiger charge is -2.23. The molecule has 1 atom stereocenters. The molecule has 0 radical (unpaired) electrons. The Balaban J connectivity index is 2.10. The van der Waals surface area contributed by atoms with E-state index in [-0.39, 0.29) is 40.5 Å². The average Bonchev–Trinajstić information content (AvgIpc) is 2.81. The number of fused-ring (bicyclic) bond motifs is 1. The van der Waals surface area contributed by atoms with E-state index in [2.05, 4.69) is 0 Å². The number of hydrogen-bond acceptors (Lipinski definition) is 4. The Labute approximate surface area is 173 Å². The largest absolute Gasteiger partial charge is 0.491 e. The number of aliphatic hydroxyl groups is 1. The highest BCUT2D eigenvalue weighted by Crippen LogP contribution is 2.49. The van der Waals surface area contributed by atoms with Crippen molar-refractivity contribution < 1.29 is 19.4 Å². The molecule has 1 unspecified atom stereocenters. The number of carbonyl (C=O) groups is 2. The van der Waals surface area contributed by atoms with E-state index in [0.717, 1.165) is 5.56 Å². The summed E-state index contributed by atoms with van der Waals surface area (Å²) < 4.78 is 5.84. The Bertz CT molecular complexity index is 944. The first-order valence-corrected chi connectivity index (χ1v) is 9.67. The molecule has 1 aliphatic rings. The maximum atomic E-state index is 13.2. The van der Waals surface area contributed by atoms with Gasteiger partial charge in [-0.15, -0.1) is 0 Å². The maximum absolute atomic E-state index is 13.2. The Morgan fingerprint density at radius 3 is 2.54 bits per heavy atom. The Morgan fingerprint density at radius 2 is 1.89 bits per heavy atom. The molecule has 1 amide bonds. The van der Waals surface area contributed by atoms with Gasteiger partial charge in [-0.25, -0.2) is 0 Å². The number of anilines is 1. The fourth-order valence-electron chi connectivity index (χ4n) is 3.43. The van der Waals surface area contributed by atoms with Gasteiger partial charge in [0, 0.05) is 17.5 Å². The van der Waals surface area contributed by atoms with Gasteiger partial charge in [-0.2, -0.15) is 0 Å². The zero-order chi connectivity index (χ0) is 20.6. The van der Waals surface area contributed by atoms with Crippen LogP contribution in [0.25, 0.3) is 0 Å². The Hall–Kier alpha value is -2.08. The zero-order valence-electron chi connectivity index (χ0n) is 15.8. The van der Waals surface area contributed by atoms with E-state index in [4.69, 9.17) is 27.9 Å². The molecule has 1 heterocycles. The highest BCUT2D eigenvalue weighted by Gasteiger charge is 2.51. The second-order valence-corrected chi connectivity index (χ2v) is 7.95. The Morgan fingerprint density at radius 1 is 1.21 bits per heavy atom. The molecule has 0 saturated heterocycles. The summed E-state index contributed by atoms with van der Waals surface area (Å²) in [4.78, 5) is 26.3. The van der Waals surface area contributed by atoms with Crippen LogP contribution in [0.2, 0.25) is 10.0 Å². The maximum Gasteiger partial charge on any atom is 0.264 e. The highest BCUT2D eigenvalue weighted by molar-refractivity contribution is 6.44. The van der Waals surface area contributed by atoms with Gasteiger partial charge in [0.1, 0.15) is 11.5 Å². The smallest absolute Gasteiger partial charge is 0.264 e. The number of nitrogens with zero attached hydrogens (tertiary/aromatic N) is 1. The van der Waals surface area contributed by atoms with Crippen LogP contribution in [0.15, 0.2) is 36.4 Å². The summed E-state index contributed by atoms with van der Waals surface area (Å²) >= 11 is 12.6. The van der Waals surface area contributed by atoms with E-state index in [1.54, 1.807) is 6.07 Å². The summed E-state index contributed by atoms with van der Waals surface area (Å²) in [7, 11) is 0. The van der Waals surface area contributed by atoms with E-state index in [1.165, 1.54) is 17.9 Å². The minimum Gasteiger partial charge on any atom is -0.491 e. The minimum atomic E-state index is -1.97. The molecule has 0 aromatic heterocycles. The first-order valence-electron chi connectivity index (χ1n) is 8.92. The standard InChI is InChI=1S/C21H21Cl2NO4/c1-12(2)28-17-7-5-4-6-14(17)11-24-19-15(8-9-16(22)18(19)23)21(27,20(24)26)10-13(3)25/h4-9,12,27H,10-11H2,1-3H3. The number of halogens is 2. The molecule has 5 nitrogen and oxygen atoms in total. The summed E-state index contributed by atoms with van der Waals surface area (Å²) in [6.07, 6.45) is -0.382. The molecule has 0 saturated carbocycles. The lowest BCUT2D eigenvalue weighted by Crippen LogP contribution is -2.41. The number of para-hydroxylation sites is 1. The van der Waals surface area contributed by atoms with Gasteiger partial charge >= 0.3 is 0 Å². The van der Waals surface area contributed by atoms with Crippen LogP contribution in [-0.4, -0.2) is 22.9 Å². The first-order chi connectivity index (χ1) is 13.1. The number of ketones is 1. The van der Waals surface area contributed by atoms with Crippen LogP contribution in [0, 0.1) is 0 Å². The highest BCUT2D eigenvalue weighted by atomic mass is 35.5. The molecule has 1 aliphatic heterocycles. The van der Waals surface area contributed by atoms with Crippen molar-refractivity contribution in [1.82, 2.24) is 0 Å². The monoisotopic (exact) mass is 421 g/mol. The summed E-state index contributed by atoms with van der Waals surface area (Å²) in [5, 5.41) is 11.5. The molecule has 7 heteroatoms. The lowest BCUT2D eigenvalue weighted by molar-refractivity contribution is -0.141. The van der Waals surface area contributed by atoms with Crippen LogP contribution in [0.4, 0.5) is 5.69 Å². The van der Waals surface area contributed by atoms with Gasteiger partial charge in [0.2, 0.25) is 0 Å². The quantitative estimate of drug-likeness (QED) is 0.745. The molecule has 0 spiro atoms. The third kappa shape index (κ3) is 3.62. The molecule has 3 rings (SSSR count). The molecule has 148 valence electrons. The fraction of sp³-hybridized carbons (Fsp3) is 0.333. The zero-order valence-corrected chi connectivity index (χ0v) is 17.3. The molecule has 0 bridgehead atoms. The van der Waals surface area contributed by atoms with Gasteiger partial charge in [0.15, 0.2) is 5.60 Å². The molecule has 1 N–H and O–H groups in total. The molecule has 0 aliphatic carbocycles. The van der Waals surface area contributed by atoms with Crippen molar-refractivity contribution in [3.63, 3.8) is 0 Å². The normalized spacial score (nSPS) is 18.5. The molecular formula is C21H21Cl2NO4. The molecule has 0 fully saturated rings. The number of rotatable bonds is 6. The molecule has 28 heavy (non-hydrogen) atoms. The number of Topliss-reactive ketones (excluding diaryl/α,β-unsaturated/α-hetero) is 1. The van der Waals surface area contributed by atoms with Gasteiger partial charge in [0.05, 0.1) is 28.4 Å². The fourth-order valence-corrected chi connectivity index (χ4v) is 3.85. The van der Waals surface area contributed by atoms with E-state index >= 15 is 0 Å². The number of amides is 1. The van der Waals surface area contributed by atoms with Crippen LogP contribution in [0.1, 0.15) is 38.3 Å². The summed E-state index contributed by atoms with van der Waals surface area (Å²) in [6, 6.07) is 10.4. The second kappa shape index (κ2) is 7.74. The van der Waals surface area contributed by atoms with Gasteiger partial charge in [0.25, 0.3) is 5.91 Å². The number of benzene rings is 2. The van der Waals surface area contributed by atoms with Crippen LogP contribution in [0.5, 0.6) is 5.75 Å². The van der Waals surface area contributed by atoms with Gasteiger partial charge in [-0.3, -0.25) is 9.59 Å². The third-order valence-corrected chi connectivity index (χ3v) is 5.35. The second-order valence-electron chi connectivity index (χ2n) is 7.16. The van der Waals surface area contributed by atoms with Crippen molar-refractivity contribution in [2.75, 3.05) is 4.90 Å². The molecular weight excluding hydrogens is 401 g/mol. The van der Waals surface area contributed by atoms with Crippen LogP contribution < -0.4 is 9.64 Å². The van der Waals surface area contributed by atoms with Crippen molar-refractivity contribution in [3.05, 3.63) is 57.6 Å². The van der Waals surface area contributed by atoms with E-state index in [9.17, 15) is 14.7 Å². The first kappa shape index (κ1) is 20.6. The third-order valence-electron chi connectivity index (χ3n) is 4.55. The lowest BCUT2D eigenvalue weighted by atomic mass is 9.90. The van der Waals surface area contributed by atoms with Gasteiger partial charge in [-0.05, 0) is 32.9 Å². The summed E-state index contributed by atoms with van der Waals surface area (Å²) in [6.45, 7) is 5.27. The summed E-state index contributed by atoms with van der Waals surface area (Å²) in [5.74, 6) is -0.286. The number of hydrogen-bond donors (Lipinski definition) is 1. The van der Waals surface area contributed by atoms with E-state index in [0.29, 0.717) is 11.4 Å². The predicted octanol–water partition coefficient (Wildman–Crippen LogP) is 4.49. The Kier molecular flexibility index (Phi) is 5.71. The molecule has 2 aromatic rings.